The Balaban J connectivity index is 2.40. The van der Waals surface area contributed by atoms with Crippen LogP contribution in [0.2, 0.25) is 0 Å². The largest absolute Gasteiger partial charge is 0.484 e. The maximum absolute atomic E-state index is 11.5. The zero-order valence-electron chi connectivity index (χ0n) is 11.4. The summed E-state index contributed by atoms with van der Waals surface area (Å²) < 4.78 is 5.38. The van der Waals surface area contributed by atoms with Gasteiger partial charge in [0.1, 0.15) is 5.75 Å². The topological polar surface area (TPSA) is 58.6 Å². The Morgan fingerprint density at radius 3 is 2.56 bits per heavy atom. The highest BCUT2D eigenvalue weighted by atomic mass is 16.5. The summed E-state index contributed by atoms with van der Waals surface area (Å²) in [7, 11) is 0. The Morgan fingerprint density at radius 1 is 1.33 bits per heavy atom. The maximum Gasteiger partial charge on any atom is 0.258 e. The third-order valence-electron chi connectivity index (χ3n) is 2.57. The minimum Gasteiger partial charge on any atom is -0.484 e. The van der Waals surface area contributed by atoms with Crippen LogP contribution in [0.5, 0.6) is 5.75 Å². The maximum atomic E-state index is 11.5. The molecule has 0 spiro atoms. The van der Waals surface area contributed by atoms with Crippen molar-refractivity contribution in [3.8, 4) is 5.75 Å². The number of ether oxygens (including phenoxy) is 1. The minimum absolute atomic E-state index is 0.0431. The number of aliphatic hydroxyl groups is 1. The molecular weight excluding hydrogens is 230 g/mol. The van der Waals surface area contributed by atoms with Crippen molar-refractivity contribution in [3.05, 3.63) is 29.3 Å². The van der Waals surface area contributed by atoms with Gasteiger partial charge in [-0.3, -0.25) is 4.79 Å². The zero-order valence-corrected chi connectivity index (χ0v) is 11.4. The van der Waals surface area contributed by atoms with Crippen molar-refractivity contribution in [3.63, 3.8) is 0 Å². The van der Waals surface area contributed by atoms with Crippen molar-refractivity contribution < 1.29 is 14.6 Å². The third kappa shape index (κ3) is 5.19. The second kappa shape index (κ2) is 5.87. The van der Waals surface area contributed by atoms with E-state index in [0.29, 0.717) is 5.75 Å². The lowest BCUT2D eigenvalue weighted by Gasteiger charge is -2.17. The van der Waals surface area contributed by atoms with Gasteiger partial charge in [0.05, 0.1) is 5.60 Å². The van der Waals surface area contributed by atoms with Crippen LogP contribution >= 0.6 is 0 Å². The van der Waals surface area contributed by atoms with Gasteiger partial charge in [-0.15, -0.1) is 0 Å². The molecule has 0 unspecified atom stereocenters. The van der Waals surface area contributed by atoms with Crippen LogP contribution < -0.4 is 10.1 Å². The van der Waals surface area contributed by atoms with E-state index in [1.807, 2.05) is 32.0 Å². The van der Waals surface area contributed by atoms with Crippen molar-refractivity contribution in [1.82, 2.24) is 5.32 Å². The fourth-order valence-corrected chi connectivity index (χ4v) is 1.32. The fraction of sp³-hybridized carbons (Fsp3) is 0.500. The van der Waals surface area contributed by atoms with E-state index in [1.54, 1.807) is 13.8 Å². The summed E-state index contributed by atoms with van der Waals surface area (Å²) in [6.07, 6.45) is 0. The van der Waals surface area contributed by atoms with E-state index in [9.17, 15) is 9.90 Å². The van der Waals surface area contributed by atoms with Crippen molar-refractivity contribution in [2.24, 2.45) is 0 Å². The van der Waals surface area contributed by atoms with E-state index in [2.05, 4.69) is 5.32 Å². The second-order valence-corrected chi connectivity index (χ2v) is 5.12. The normalized spacial score (nSPS) is 11.2. The SMILES string of the molecule is Cc1ccc(OCC(=O)NCC(C)(C)O)cc1C. The van der Waals surface area contributed by atoms with Gasteiger partial charge in [-0.1, -0.05) is 6.07 Å². The van der Waals surface area contributed by atoms with E-state index < -0.39 is 5.60 Å². The molecule has 18 heavy (non-hydrogen) atoms. The highest BCUT2D eigenvalue weighted by Crippen LogP contribution is 2.16. The molecule has 1 rings (SSSR count). The van der Waals surface area contributed by atoms with Gasteiger partial charge in [0.15, 0.2) is 6.61 Å². The van der Waals surface area contributed by atoms with Gasteiger partial charge in [-0.05, 0) is 51.0 Å². The lowest BCUT2D eigenvalue weighted by atomic mass is 10.1. The van der Waals surface area contributed by atoms with Gasteiger partial charge in [0.25, 0.3) is 5.91 Å². The molecule has 0 heterocycles. The smallest absolute Gasteiger partial charge is 0.258 e. The molecule has 0 aromatic heterocycles. The molecule has 0 bridgehead atoms. The quantitative estimate of drug-likeness (QED) is 0.835. The molecule has 0 aliphatic carbocycles. The van der Waals surface area contributed by atoms with Crippen molar-refractivity contribution in [2.45, 2.75) is 33.3 Å². The molecule has 4 nitrogen and oxygen atoms in total. The molecule has 0 aliphatic heterocycles. The molecule has 0 fully saturated rings. The van der Waals surface area contributed by atoms with Gasteiger partial charge in [-0.25, -0.2) is 0 Å². The van der Waals surface area contributed by atoms with Crippen LogP contribution in [-0.2, 0) is 4.79 Å². The van der Waals surface area contributed by atoms with Crippen LogP contribution in [-0.4, -0.2) is 29.8 Å². The highest BCUT2D eigenvalue weighted by molar-refractivity contribution is 5.77. The van der Waals surface area contributed by atoms with Crippen LogP contribution in [0.4, 0.5) is 0 Å². The number of benzene rings is 1. The fourth-order valence-electron chi connectivity index (χ4n) is 1.32. The molecule has 1 aromatic rings. The lowest BCUT2D eigenvalue weighted by Crippen LogP contribution is -2.40. The average molecular weight is 251 g/mol. The minimum atomic E-state index is -0.907. The molecule has 1 amide bonds. The standard InChI is InChI=1S/C14H21NO3/c1-10-5-6-12(7-11(10)2)18-8-13(16)15-9-14(3,4)17/h5-7,17H,8-9H2,1-4H3,(H,15,16). The number of rotatable bonds is 5. The third-order valence-corrected chi connectivity index (χ3v) is 2.57. The van der Waals surface area contributed by atoms with Crippen molar-refractivity contribution in [2.75, 3.05) is 13.2 Å². The number of aryl methyl sites for hydroxylation is 2. The van der Waals surface area contributed by atoms with Gasteiger partial charge < -0.3 is 15.2 Å². The van der Waals surface area contributed by atoms with E-state index >= 15 is 0 Å². The molecule has 0 saturated carbocycles. The van der Waals surface area contributed by atoms with Gasteiger partial charge in [0.2, 0.25) is 0 Å². The predicted molar refractivity (Wildman–Crippen MR) is 70.7 cm³/mol. The van der Waals surface area contributed by atoms with Crippen LogP contribution in [0.3, 0.4) is 0 Å². The van der Waals surface area contributed by atoms with Crippen LogP contribution in [0.25, 0.3) is 0 Å². The highest BCUT2D eigenvalue weighted by Gasteiger charge is 2.13. The summed E-state index contributed by atoms with van der Waals surface area (Å²) in [5.41, 5.74) is 1.41. The number of carbonyl (C=O) groups excluding carboxylic acids is 1. The molecule has 0 aliphatic rings. The Kier molecular flexibility index (Phi) is 4.73. The molecule has 100 valence electrons. The molecule has 2 N–H and O–H groups in total. The Labute approximate surface area is 108 Å². The summed E-state index contributed by atoms with van der Waals surface area (Å²) in [5, 5.41) is 12.1. The van der Waals surface area contributed by atoms with Gasteiger partial charge in [0, 0.05) is 6.54 Å². The molecular formula is C14H21NO3. The predicted octanol–water partition coefficient (Wildman–Crippen LogP) is 1.57. The van der Waals surface area contributed by atoms with Crippen LogP contribution in [0.1, 0.15) is 25.0 Å². The van der Waals surface area contributed by atoms with E-state index in [0.717, 1.165) is 5.56 Å². The van der Waals surface area contributed by atoms with Crippen molar-refractivity contribution in [1.29, 1.82) is 0 Å². The summed E-state index contributed by atoms with van der Waals surface area (Å²) in [6.45, 7) is 7.46. The number of amides is 1. The number of hydrogen-bond acceptors (Lipinski definition) is 3. The summed E-state index contributed by atoms with van der Waals surface area (Å²) in [6, 6.07) is 5.70. The number of nitrogens with one attached hydrogen (secondary N) is 1. The van der Waals surface area contributed by atoms with Gasteiger partial charge >= 0.3 is 0 Å². The summed E-state index contributed by atoms with van der Waals surface area (Å²) in [4.78, 5) is 11.5. The van der Waals surface area contributed by atoms with Crippen LogP contribution in [0, 0.1) is 13.8 Å². The Hall–Kier alpha value is -1.55. The van der Waals surface area contributed by atoms with E-state index in [4.69, 9.17) is 4.74 Å². The summed E-state index contributed by atoms with van der Waals surface area (Å²) >= 11 is 0. The Bertz CT molecular complexity index is 422. The molecule has 0 atom stereocenters. The van der Waals surface area contributed by atoms with Crippen LogP contribution in [0.15, 0.2) is 18.2 Å². The first-order valence-corrected chi connectivity index (χ1v) is 5.97. The second-order valence-electron chi connectivity index (χ2n) is 5.12. The molecule has 0 radical (unpaired) electrons. The van der Waals surface area contributed by atoms with Crippen molar-refractivity contribution >= 4 is 5.91 Å². The first kappa shape index (κ1) is 14.5. The number of hydrogen-bond donors (Lipinski definition) is 2. The van der Waals surface area contributed by atoms with Gasteiger partial charge in [-0.2, -0.15) is 0 Å². The zero-order chi connectivity index (χ0) is 13.8. The first-order chi connectivity index (χ1) is 8.28. The number of carbonyl (C=O) groups is 1. The van der Waals surface area contributed by atoms with E-state index in [-0.39, 0.29) is 19.1 Å². The molecule has 1 aromatic carbocycles. The summed E-state index contributed by atoms with van der Waals surface area (Å²) in [5.74, 6) is 0.437. The average Bonchev–Trinajstić information content (AvgIpc) is 2.27. The lowest BCUT2D eigenvalue weighted by molar-refractivity contribution is -0.124. The molecule has 4 heteroatoms. The van der Waals surface area contributed by atoms with E-state index in [1.165, 1.54) is 5.56 Å². The molecule has 0 saturated heterocycles. The first-order valence-electron chi connectivity index (χ1n) is 5.97. The monoisotopic (exact) mass is 251 g/mol. The Morgan fingerprint density at radius 2 is 2.00 bits per heavy atom.